The van der Waals surface area contributed by atoms with Crippen LogP contribution in [0.3, 0.4) is 0 Å². The molecule has 0 atom stereocenters. The van der Waals surface area contributed by atoms with Crippen molar-refractivity contribution in [2.45, 2.75) is 13.8 Å². The van der Waals surface area contributed by atoms with Crippen molar-refractivity contribution in [1.82, 2.24) is 0 Å². The topological polar surface area (TPSA) is 41.1 Å². The van der Waals surface area contributed by atoms with Gasteiger partial charge in [-0.15, -0.1) is 0 Å². The third kappa shape index (κ3) is 3.83. The Balaban J connectivity index is 2.05. The van der Waals surface area contributed by atoms with Crippen molar-refractivity contribution in [3.63, 3.8) is 0 Å². The third-order valence-electron chi connectivity index (χ3n) is 2.74. The fraction of sp³-hybridized carbons (Fsp3) is 0.133. The Morgan fingerprint density at radius 2 is 1.68 bits per heavy atom. The quantitative estimate of drug-likeness (QED) is 0.827. The maximum absolute atomic E-state index is 11.9. The number of urea groups is 1. The number of carbonyl (C=O) groups excluding carboxylic acids is 1. The predicted octanol–water partition coefficient (Wildman–Crippen LogP) is 4.71. The van der Waals surface area contributed by atoms with Gasteiger partial charge in [0.05, 0.1) is 0 Å². The molecule has 0 unspecified atom stereocenters. The molecule has 0 aliphatic heterocycles. The van der Waals surface area contributed by atoms with Crippen LogP contribution >= 0.6 is 15.9 Å². The number of hydrogen-bond donors (Lipinski definition) is 2. The lowest BCUT2D eigenvalue weighted by atomic mass is 10.1. The number of benzene rings is 2. The highest BCUT2D eigenvalue weighted by Gasteiger charge is 2.05. The van der Waals surface area contributed by atoms with Gasteiger partial charge in [0, 0.05) is 15.8 Å². The molecule has 0 spiro atoms. The van der Waals surface area contributed by atoms with Gasteiger partial charge < -0.3 is 10.6 Å². The first-order valence-electron chi connectivity index (χ1n) is 5.95. The molecule has 2 aromatic rings. The molecule has 0 heterocycles. The lowest BCUT2D eigenvalue weighted by molar-refractivity contribution is 0.262. The molecule has 3 nitrogen and oxygen atoms in total. The molecule has 0 aliphatic carbocycles. The summed E-state index contributed by atoms with van der Waals surface area (Å²) in [6.07, 6.45) is 0. The second-order valence-corrected chi connectivity index (χ2v) is 5.32. The van der Waals surface area contributed by atoms with E-state index in [1.54, 1.807) is 0 Å². The molecule has 2 aromatic carbocycles. The van der Waals surface area contributed by atoms with E-state index in [9.17, 15) is 4.79 Å². The van der Waals surface area contributed by atoms with Crippen LogP contribution in [0.15, 0.2) is 46.9 Å². The lowest BCUT2D eigenvalue weighted by Crippen LogP contribution is -2.19. The minimum absolute atomic E-state index is 0.240. The van der Waals surface area contributed by atoms with Crippen LogP contribution in [0.2, 0.25) is 0 Å². The van der Waals surface area contributed by atoms with E-state index >= 15 is 0 Å². The zero-order valence-electron chi connectivity index (χ0n) is 10.8. The molecular weight excluding hydrogens is 304 g/mol. The summed E-state index contributed by atoms with van der Waals surface area (Å²) in [7, 11) is 0. The minimum atomic E-state index is -0.240. The van der Waals surface area contributed by atoms with Crippen molar-refractivity contribution in [3.8, 4) is 0 Å². The summed E-state index contributed by atoms with van der Waals surface area (Å²) in [5.74, 6) is 0. The van der Waals surface area contributed by atoms with E-state index in [2.05, 4.69) is 26.6 Å². The van der Waals surface area contributed by atoms with Crippen LogP contribution in [0, 0.1) is 13.8 Å². The summed E-state index contributed by atoms with van der Waals surface area (Å²) in [4.78, 5) is 11.9. The molecule has 0 saturated heterocycles. The van der Waals surface area contributed by atoms with E-state index in [4.69, 9.17) is 0 Å². The van der Waals surface area contributed by atoms with Gasteiger partial charge in [0.2, 0.25) is 0 Å². The van der Waals surface area contributed by atoms with Gasteiger partial charge in [-0.3, -0.25) is 0 Å². The highest BCUT2D eigenvalue weighted by atomic mass is 79.9. The molecule has 0 radical (unpaired) electrons. The van der Waals surface area contributed by atoms with Gasteiger partial charge >= 0.3 is 6.03 Å². The molecule has 4 heteroatoms. The van der Waals surface area contributed by atoms with Gasteiger partial charge in [-0.1, -0.05) is 28.1 Å². The Morgan fingerprint density at radius 3 is 2.37 bits per heavy atom. The van der Waals surface area contributed by atoms with E-state index in [0.29, 0.717) is 0 Å². The molecule has 0 aromatic heterocycles. The summed E-state index contributed by atoms with van der Waals surface area (Å²) in [5.41, 5.74) is 3.74. The van der Waals surface area contributed by atoms with Gasteiger partial charge in [-0.05, 0) is 55.3 Å². The summed E-state index contributed by atoms with van der Waals surface area (Å²) >= 11 is 3.35. The van der Waals surface area contributed by atoms with Crippen LogP contribution in [0.1, 0.15) is 11.1 Å². The number of hydrogen-bond acceptors (Lipinski definition) is 1. The van der Waals surface area contributed by atoms with Crippen molar-refractivity contribution in [2.75, 3.05) is 10.6 Å². The monoisotopic (exact) mass is 318 g/mol. The number of anilines is 2. The molecule has 19 heavy (non-hydrogen) atoms. The highest BCUT2D eigenvalue weighted by molar-refractivity contribution is 9.10. The summed E-state index contributed by atoms with van der Waals surface area (Å²) in [6.45, 7) is 3.96. The SMILES string of the molecule is Cc1ccc(C)c(NC(=O)Nc2ccc(Br)cc2)c1. The first-order valence-corrected chi connectivity index (χ1v) is 6.75. The molecule has 98 valence electrons. The molecule has 0 fully saturated rings. The second-order valence-electron chi connectivity index (χ2n) is 4.40. The second kappa shape index (κ2) is 5.89. The van der Waals surface area contributed by atoms with E-state index in [1.807, 2.05) is 56.3 Å². The van der Waals surface area contributed by atoms with Crippen molar-refractivity contribution in [1.29, 1.82) is 0 Å². The number of halogens is 1. The van der Waals surface area contributed by atoms with Crippen molar-refractivity contribution >= 4 is 33.3 Å². The Bertz CT molecular complexity index is 594. The van der Waals surface area contributed by atoms with E-state index in [-0.39, 0.29) is 6.03 Å². The number of aryl methyl sites for hydroxylation is 2. The highest BCUT2D eigenvalue weighted by Crippen LogP contribution is 2.18. The molecule has 2 N–H and O–H groups in total. The zero-order valence-corrected chi connectivity index (χ0v) is 12.4. The van der Waals surface area contributed by atoms with Gasteiger partial charge in [-0.2, -0.15) is 0 Å². The normalized spacial score (nSPS) is 10.1. The fourth-order valence-electron chi connectivity index (χ4n) is 1.69. The van der Waals surface area contributed by atoms with Crippen LogP contribution in [-0.2, 0) is 0 Å². The lowest BCUT2D eigenvalue weighted by Gasteiger charge is -2.10. The first kappa shape index (κ1) is 13.6. The summed E-state index contributed by atoms with van der Waals surface area (Å²) < 4.78 is 0.980. The molecule has 2 amide bonds. The Hall–Kier alpha value is -1.81. The average Bonchev–Trinajstić information content (AvgIpc) is 2.37. The van der Waals surface area contributed by atoms with E-state index < -0.39 is 0 Å². The van der Waals surface area contributed by atoms with Gasteiger partial charge in [0.25, 0.3) is 0 Å². The van der Waals surface area contributed by atoms with Gasteiger partial charge in [-0.25, -0.2) is 4.79 Å². The number of rotatable bonds is 2. The van der Waals surface area contributed by atoms with Crippen molar-refractivity contribution in [3.05, 3.63) is 58.1 Å². The fourth-order valence-corrected chi connectivity index (χ4v) is 1.95. The number of carbonyl (C=O) groups is 1. The number of nitrogens with one attached hydrogen (secondary N) is 2. The molecule has 0 saturated carbocycles. The summed E-state index contributed by atoms with van der Waals surface area (Å²) in [6, 6.07) is 13.2. The van der Waals surface area contributed by atoms with Crippen LogP contribution < -0.4 is 10.6 Å². The molecule has 0 bridgehead atoms. The molecule has 0 aliphatic rings. The van der Waals surface area contributed by atoms with Crippen LogP contribution in [0.4, 0.5) is 16.2 Å². The zero-order chi connectivity index (χ0) is 13.8. The van der Waals surface area contributed by atoms with Crippen molar-refractivity contribution in [2.24, 2.45) is 0 Å². The van der Waals surface area contributed by atoms with Crippen LogP contribution in [0.5, 0.6) is 0 Å². The van der Waals surface area contributed by atoms with Crippen LogP contribution in [0.25, 0.3) is 0 Å². The standard InChI is InChI=1S/C15H15BrN2O/c1-10-3-4-11(2)14(9-10)18-15(19)17-13-7-5-12(16)6-8-13/h3-9H,1-2H3,(H2,17,18,19). The maximum atomic E-state index is 11.9. The minimum Gasteiger partial charge on any atom is -0.308 e. The maximum Gasteiger partial charge on any atom is 0.323 e. The van der Waals surface area contributed by atoms with Gasteiger partial charge in [0.1, 0.15) is 0 Å². The Morgan fingerprint density at radius 1 is 1.00 bits per heavy atom. The Labute approximate surface area is 121 Å². The molecular formula is C15H15BrN2O. The first-order chi connectivity index (χ1) is 9.04. The van der Waals surface area contributed by atoms with Gasteiger partial charge in [0.15, 0.2) is 0 Å². The average molecular weight is 319 g/mol. The predicted molar refractivity (Wildman–Crippen MR) is 82.7 cm³/mol. The number of amides is 2. The third-order valence-corrected chi connectivity index (χ3v) is 3.27. The molecule has 2 rings (SSSR count). The largest absolute Gasteiger partial charge is 0.323 e. The van der Waals surface area contributed by atoms with E-state index in [0.717, 1.165) is 27.0 Å². The van der Waals surface area contributed by atoms with Crippen molar-refractivity contribution < 1.29 is 4.79 Å². The Kier molecular flexibility index (Phi) is 4.22. The van der Waals surface area contributed by atoms with E-state index in [1.165, 1.54) is 0 Å². The smallest absolute Gasteiger partial charge is 0.308 e. The van der Waals surface area contributed by atoms with Crippen LogP contribution in [-0.4, -0.2) is 6.03 Å². The summed E-state index contributed by atoms with van der Waals surface area (Å²) in [5, 5.41) is 5.65.